The van der Waals surface area contributed by atoms with Crippen LogP contribution < -0.4 is 10.1 Å². The van der Waals surface area contributed by atoms with E-state index in [0.29, 0.717) is 26.3 Å². The normalized spacial score (nSPS) is 22.3. The zero-order valence-electron chi connectivity index (χ0n) is 13.8. The standard InChI is InChI=1S/C17H22N4O3/c1-2-5-18-12-3-4-13-14(10-12)23-8-6-20-11-15(19-16(13)20)21-7-9-24-17(21)22/h3-4,10,15,18H,2,5-9,11H2,1H3. The third-order valence-corrected chi connectivity index (χ3v) is 4.53. The van der Waals surface area contributed by atoms with E-state index < -0.39 is 0 Å². The van der Waals surface area contributed by atoms with Crippen LogP contribution in [0.5, 0.6) is 5.75 Å². The molecule has 1 atom stereocenters. The molecule has 1 saturated heterocycles. The first kappa shape index (κ1) is 15.1. The monoisotopic (exact) mass is 330 g/mol. The van der Waals surface area contributed by atoms with Crippen LogP contribution in [0.3, 0.4) is 0 Å². The van der Waals surface area contributed by atoms with Gasteiger partial charge in [-0.2, -0.15) is 0 Å². The lowest BCUT2D eigenvalue weighted by Gasteiger charge is -2.21. The Bertz CT molecular complexity index is 676. The van der Waals surface area contributed by atoms with Gasteiger partial charge in [0.2, 0.25) is 0 Å². The molecule has 1 N–H and O–H groups in total. The van der Waals surface area contributed by atoms with Crippen LogP contribution in [0.4, 0.5) is 10.5 Å². The number of aliphatic imine (C=N–C) groups is 1. The molecule has 1 aromatic carbocycles. The van der Waals surface area contributed by atoms with E-state index in [1.807, 2.05) is 6.07 Å². The van der Waals surface area contributed by atoms with Crippen LogP contribution in [0.1, 0.15) is 18.9 Å². The third kappa shape index (κ3) is 2.64. The summed E-state index contributed by atoms with van der Waals surface area (Å²) >= 11 is 0. The summed E-state index contributed by atoms with van der Waals surface area (Å²) in [6.07, 6.45) is 0.642. The molecule has 1 aromatic rings. The summed E-state index contributed by atoms with van der Waals surface area (Å²) in [5, 5.41) is 3.38. The quantitative estimate of drug-likeness (QED) is 0.911. The number of carbonyl (C=O) groups is 1. The minimum absolute atomic E-state index is 0.168. The Kier molecular flexibility index (Phi) is 3.92. The molecule has 0 spiro atoms. The number of hydrogen-bond acceptors (Lipinski definition) is 6. The molecule has 3 aliphatic heterocycles. The van der Waals surface area contributed by atoms with Gasteiger partial charge >= 0.3 is 6.09 Å². The molecule has 7 nitrogen and oxygen atoms in total. The van der Waals surface area contributed by atoms with E-state index in [-0.39, 0.29) is 12.3 Å². The molecule has 1 fully saturated rings. The summed E-state index contributed by atoms with van der Waals surface area (Å²) in [6, 6.07) is 6.14. The van der Waals surface area contributed by atoms with Gasteiger partial charge in [-0.05, 0) is 18.6 Å². The van der Waals surface area contributed by atoms with Crippen molar-refractivity contribution in [1.29, 1.82) is 0 Å². The molecule has 3 aliphatic rings. The fourth-order valence-electron chi connectivity index (χ4n) is 3.30. The van der Waals surface area contributed by atoms with E-state index in [4.69, 9.17) is 14.5 Å². The van der Waals surface area contributed by atoms with Gasteiger partial charge in [0.15, 0.2) is 0 Å². The second-order valence-corrected chi connectivity index (χ2v) is 6.17. The lowest BCUT2D eigenvalue weighted by atomic mass is 10.1. The average molecular weight is 330 g/mol. The van der Waals surface area contributed by atoms with Gasteiger partial charge < -0.3 is 19.7 Å². The average Bonchev–Trinajstić information content (AvgIpc) is 3.15. The first-order valence-electron chi connectivity index (χ1n) is 8.53. The first-order valence-corrected chi connectivity index (χ1v) is 8.53. The largest absolute Gasteiger partial charge is 0.491 e. The smallest absolute Gasteiger partial charge is 0.411 e. The minimum atomic E-state index is -0.266. The van der Waals surface area contributed by atoms with Crippen LogP contribution in [0.2, 0.25) is 0 Å². The van der Waals surface area contributed by atoms with Crippen LogP contribution in [-0.4, -0.2) is 67.3 Å². The SMILES string of the molecule is CCCNc1ccc2c(c1)OCCN1CC(N3CCOC3=O)N=C21. The number of amides is 1. The molecule has 0 radical (unpaired) electrons. The van der Waals surface area contributed by atoms with Crippen molar-refractivity contribution in [2.75, 3.05) is 44.7 Å². The summed E-state index contributed by atoms with van der Waals surface area (Å²) < 4.78 is 11.0. The van der Waals surface area contributed by atoms with Gasteiger partial charge in [-0.1, -0.05) is 6.92 Å². The summed E-state index contributed by atoms with van der Waals surface area (Å²) in [6.45, 7) is 6.21. The van der Waals surface area contributed by atoms with Crippen molar-refractivity contribution in [2.45, 2.75) is 19.5 Å². The van der Waals surface area contributed by atoms with Crippen LogP contribution in [-0.2, 0) is 4.74 Å². The van der Waals surface area contributed by atoms with Gasteiger partial charge in [0.05, 0.1) is 25.2 Å². The number of ether oxygens (including phenoxy) is 2. The summed E-state index contributed by atoms with van der Waals surface area (Å²) in [7, 11) is 0. The van der Waals surface area contributed by atoms with Crippen molar-refractivity contribution in [3.05, 3.63) is 23.8 Å². The Balaban J connectivity index is 1.62. The van der Waals surface area contributed by atoms with Crippen molar-refractivity contribution in [2.24, 2.45) is 4.99 Å². The predicted octanol–water partition coefficient (Wildman–Crippen LogP) is 1.74. The molecule has 3 heterocycles. The van der Waals surface area contributed by atoms with E-state index in [9.17, 15) is 4.79 Å². The Morgan fingerprint density at radius 3 is 2.96 bits per heavy atom. The highest BCUT2D eigenvalue weighted by Gasteiger charge is 2.37. The zero-order chi connectivity index (χ0) is 16.5. The topological polar surface area (TPSA) is 66.4 Å². The fraction of sp³-hybridized carbons (Fsp3) is 0.529. The number of cyclic esters (lactones) is 1. The molecule has 128 valence electrons. The molecular weight excluding hydrogens is 308 g/mol. The molecule has 1 amide bonds. The van der Waals surface area contributed by atoms with Crippen molar-refractivity contribution in [1.82, 2.24) is 9.80 Å². The van der Waals surface area contributed by atoms with Crippen molar-refractivity contribution < 1.29 is 14.3 Å². The van der Waals surface area contributed by atoms with Crippen LogP contribution in [0.25, 0.3) is 0 Å². The fourth-order valence-corrected chi connectivity index (χ4v) is 3.30. The summed E-state index contributed by atoms with van der Waals surface area (Å²) in [5.74, 6) is 1.76. The van der Waals surface area contributed by atoms with Gasteiger partial charge in [-0.3, -0.25) is 4.90 Å². The lowest BCUT2D eigenvalue weighted by Crippen LogP contribution is -2.40. The number of rotatable bonds is 4. The maximum absolute atomic E-state index is 11.8. The molecule has 4 rings (SSSR count). The van der Waals surface area contributed by atoms with E-state index in [2.05, 4.69) is 29.3 Å². The Hall–Kier alpha value is -2.44. The highest BCUT2D eigenvalue weighted by molar-refractivity contribution is 6.03. The maximum atomic E-state index is 11.8. The molecule has 0 aromatic heterocycles. The predicted molar refractivity (Wildman–Crippen MR) is 90.7 cm³/mol. The number of nitrogens with one attached hydrogen (secondary N) is 1. The maximum Gasteiger partial charge on any atom is 0.411 e. The van der Waals surface area contributed by atoms with E-state index in [1.54, 1.807) is 4.90 Å². The number of benzene rings is 1. The third-order valence-electron chi connectivity index (χ3n) is 4.53. The van der Waals surface area contributed by atoms with Crippen molar-refractivity contribution >= 4 is 17.6 Å². The van der Waals surface area contributed by atoms with Gasteiger partial charge in [0.25, 0.3) is 0 Å². The van der Waals surface area contributed by atoms with Gasteiger partial charge in [0, 0.05) is 18.3 Å². The molecule has 0 saturated carbocycles. The van der Waals surface area contributed by atoms with Crippen LogP contribution in [0.15, 0.2) is 23.2 Å². The molecule has 24 heavy (non-hydrogen) atoms. The molecule has 1 unspecified atom stereocenters. The lowest BCUT2D eigenvalue weighted by molar-refractivity contribution is 0.146. The summed E-state index contributed by atoms with van der Waals surface area (Å²) in [5.41, 5.74) is 2.05. The number of nitrogens with zero attached hydrogens (tertiary/aromatic N) is 3. The first-order chi connectivity index (χ1) is 11.8. The summed E-state index contributed by atoms with van der Waals surface area (Å²) in [4.78, 5) is 20.5. The van der Waals surface area contributed by atoms with Crippen LogP contribution in [0, 0.1) is 0 Å². The Labute approximate surface area is 141 Å². The second-order valence-electron chi connectivity index (χ2n) is 6.17. The van der Waals surface area contributed by atoms with Gasteiger partial charge in [-0.15, -0.1) is 0 Å². The number of fused-ring (bicyclic) bond motifs is 3. The Morgan fingerprint density at radius 2 is 2.17 bits per heavy atom. The van der Waals surface area contributed by atoms with Crippen LogP contribution >= 0.6 is 0 Å². The van der Waals surface area contributed by atoms with Gasteiger partial charge in [-0.25, -0.2) is 9.79 Å². The number of carbonyl (C=O) groups excluding carboxylic acids is 1. The second kappa shape index (κ2) is 6.22. The number of hydrogen-bond donors (Lipinski definition) is 1. The molecule has 0 aliphatic carbocycles. The van der Waals surface area contributed by atoms with E-state index in [1.165, 1.54) is 0 Å². The highest BCUT2D eigenvalue weighted by atomic mass is 16.6. The zero-order valence-corrected chi connectivity index (χ0v) is 13.8. The number of amidine groups is 1. The number of anilines is 1. The van der Waals surface area contributed by atoms with E-state index >= 15 is 0 Å². The molecule has 0 bridgehead atoms. The Morgan fingerprint density at radius 1 is 1.29 bits per heavy atom. The highest BCUT2D eigenvalue weighted by Crippen LogP contribution is 2.30. The van der Waals surface area contributed by atoms with Crippen molar-refractivity contribution in [3.8, 4) is 5.75 Å². The minimum Gasteiger partial charge on any atom is -0.491 e. The van der Waals surface area contributed by atoms with Crippen molar-refractivity contribution in [3.63, 3.8) is 0 Å². The van der Waals surface area contributed by atoms with E-state index in [0.717, 1.165) is 42.3 Å². The molecular formula is C17H22N4O3. The molecule has 7 heteroatoms. The van der Waals surface area contributed by atoms with Gasteiger partial charge in [0.1, 0.15) is 31.0 Å².